The van der Waals surface area contributed by atoms with Crippen LogP contribution in [0.3, 0.4) is 0 Å². The minimum absolute atomic E-state index is 0.206. The molecule has 2 rings (SSSR count). The van der Waals surface area contributed by atoms with Crippen LogP contribution in [0.4, 0.5) is 0 Å². The quantitative estimate of drug-likeness (QED) is 0.518. The fourth-order valence-corrected chi connectivity index (χ4v) is 2.38. The molecule has 2 aliphatic rings. The van der Waals surface area contributed by atoms with Gasteiger partial charge in [0.2, 0.25) is 0 Å². The highest BCUT2D eigenvalue weighted by Gasteiger charge is 2.51. The van der Waals surface area contributed by atoms with E-state index in [-0.39, 0.29) is 5.41 Å². The van der Waals surface area contributed by atoms with Crippen molar-refractivity contribution in [3.63, 3.8) is 0 Å². The van der Waals surface area contributed by atoms with Gasteiger partial charge in [0.1, 0.15) is 0 Å². The lowest BCUT2D eigenvalue weighted by Gasteiger charge is -2.27. The van der Waals surface area contributed by atoms with Gasteiger partial charge in [-0.3, -0.25) is 4.99 Å². The highest BCUT2D eigenvalue weighted by molar-refractivity contribution is 5.96. The zero-order valence-electron chi connectivity index (χ0n) is 7.42. The maximum atomic E-state index is 5.76. The van der Waals surface area contributed by atoms with E-state index in [1.54, 1.807) is 0 Å². The van der Waals surface area contributed by atoms with Gasteiger partial charge in [-0.15, -0.1) is 0 Å². The SMILES string of the molecule is CN=C1[C@@H]2CC[C@@H](O2)C1(C)C. The standard InChI is InChI=1S/C9H15NO/c1-9(2)7-5-4-6(11-7)8(9)10-3/h6-7H,4-5H2,1-3H3/t6-,7+/m0/s1. The van der Waals surface area contributed by atoms with Gasteiger partial charge in [0.05, 0.1) is 12.2 Å². The summed E-state index contributed by atoms with van der Waals surface area (Å²) < 4.78 is 5.76. The van der Waals surface area contributed by atoms with Crippen molar-refractivity contribution in [2.75, 3.05) is 7.05 Å². The third-order valence-electron chi connectivity index (χ3n) is 3.03. The minimum Gasteiger partial charge on any atom is -0.368 e. The summed E-state index contributed by atoms with van der Waals surface area (Å²) in [7, 11) is 1.88. The third-order valence-corrected chi connectivity index (χ3v) is 3.03. The predicted molar refractivity (Wildman–Crippen MR) is 45.0 cm³/mol. The van der Waals surface area contributed by atoms with Gasteiger partial charge < -0.3 is 4.74 Å². The molecule has 2 atom stereocenters. The van der Waals surface area contributed by atoms with E-state index in [1.165, 1.54) is 18.6 Å². The molecule has 0 aromatic rings. The first-order valence-electron chi connectivity index (χ1n) is 4.29. The van der Waals surface area contributed by atoms with E-state index in [1.807, 2.05) is 7.05 Å². The van der Waals surface area contributed by atoms with Crippen molar-refractivity contribution < 1.29 is 4.74 Å². The molecule has 2 aliphatic heterocycles. The van der Waals surface area contributed by atoms with Gasteiger partial charge in [-0.05, 0) is 12.8 Å². The Balaban J connectivity index is 2.36. The topological polar surface area (TPSA) is 21.6 Å². The van der Waals surface area contributed by atoms with Gasteiger partial charge in [0, 0.05) is 18.2 Å². The molecule has 11 heavy (non-hydrogen) atoms. The zero-order chi connectivity index (χ0) is 8.06. The Morgan fingerprint density at radius 3 is 2.55 bits per heavy atom. The van der Waals surface area contributed by atoms with E-state index in [2.05, 4.69) is 18.8 Å². The molecule has 2 saturated heterocycles. The number of aliphatic imine (C=N–C) groups is 1. The molecule has 0 aliphatic carbocycles. The van der Waals surface area contributed by atoms with Crippen molar-refractivity contribution in [3.8, 4) is 0 Å². The number of nitrogens with zero attached hydrogens (tertiary/aromatic N) is 1. The lowest BCUT2D eigenvalue weighted by molar-refractivity contribution is 0.0738. The molecule has 0 aromatic carbocycles. The Bertz CT molecular complexity index is 208. The first kappa shape index (κ1) is 7.29. The molecular weight excluding hydrogens is 138 g/mol. The molecule has 0 aromatic heterocycles. The Labute approximate surface area is 67.7 Å². The Morgan fingerprint density at radius 2 is 2.18 bits per heavy atom. The van der Waals surface area contributed by atoms with Gasteiger partial charge in [0.25, 0.3) is 0 Å². The maximum absolute atomic E-state index is 5.76. The van der Waals surface area contributed by atoms with Crippen LogP contribution in [0.5, 0.6) is 0 Å². The first-order valence-corrected chi connectivity index (χ1v) is 4.29. The molecule has 62 valence electrons. The van der Waals surface area contributed by atoms with Crippen molar-refractivity contribution >= 4 is 5.71 Å². The van der Waals surface area contributed by atoms with Crippen LogP contribution in [0.15, 0.2) is 4.99 Å². The van der Waals surface area contributed by atoms with Crippen molar-refractivity contribution in [2.24, 2.45) is 10.4 Å². The van der Waals surface area contributed by atoms with E-state index < -0.39 is 0 Å². The Morgan fingerprint density at radius 1 is 1.45 bits per heavy atom. The monoisotopic (exact) mass is 153 g/mol. The average molecular weight is 153 g/mol. The second-order valence-corrected chi connectivity index (χ2v) is 4.02. The Kier molecular flexibility index (Phi) is 1.37. The molecular formula is C9H15NO. The molecule has 0 saturated carbocycles. The number of ether oxygens (including phenoxy) is 1. The molecule has 0 spiro atoms. The molecule has 2 nitrogen and oxygen atoms in total. The molecule has 0 amide bonds. The fourth-order valence-electron chi connectivity index (χ4n) is 2.38. The summed E-state index contributed by atoms with van der Waals surface area (Å²) in [6.07, 6.45) is 3.18. The van der Waals surface area contributed by atoms with Crippen LogP contribution in [0, 0.1) is 5.41 Å². The fraction of sp³-hybridized carbons (Fsp3) is 0.889. The summed E-state index contributed by atoms with van der Waals surface area (Å²) >= 11 is 0. The second-order valence-electron chi connectivity index (χ2n) is 4.02. The summed E-state index contributed by atoms with van der Waals surface area (Å²) in [5.41, 5.74) is 1.48. The minimum atomic E-state index is 0.206. The molecule has 0 N–H and O–H groups in total. The number of hydrogen-bond donors (Lipinski definition) is 0. The van der Waals surface area contributed by atoms with Crippen LogP contribution < -0.4 is 0 Å². The Hall–Kier alpha value is -0.370. The van der Waals surface area contributed by atoms with Crippen LogP contribution in [0.25, 0.3) is 0 Å². The van der Waals surface area contributed by atoms with E-state index in [0.29, 0.717) is 12.2 Å². The largest absolute Gasteiger partial charge is 0.368 e. The van der Waals surface area contributed by atoms with E-state index in [9.17, 15) is 0 Å². The lowest BCUT2D eigenvalue weighted by Crippen LogP contribution is -2.35. The number of hydrogen-bond acceptors (Lipinski definition) is 2. The van der Waals surface area contributed by atoms with E-state index >= 15 is 0 Å². The molecule has 2 bridgehead atoms. The summed E-state index contributed by atoms with van der Waals surface area (Å²) in [5.74, 6) is 0. The van der Waals surface area contributed by atoms with Crippen molar-refractivity contribution in [3.05, 3.63) is 0 Å². The summed E-state index contributed by atoms with van der Waals surface area (Å²) in [4.78, 5) is 4.31. The second kappa shape index (κ2) is 2.07. The van der Waals surface area contributed by atoms with Gasteiger partial charge in [0.15, 0.2) is 0 Å². The zero-order valence-corrected chi connectivity index (χ0v) is 7.42. The normalized spacial score (nSPS) is 43.7. The van der Waals surface area contributed by atoms with Crippen LogP contribution in [0.2, 0.25) is 0 Å². The van der Waals surface area contributed by atoms with E-state index in [0.717, 1.165) is 0 Å². The van der Waals surface area contributed by atoms with Crippen molar-refractivity contribution in [1.82, 2.24) is 0 Å². The van der Waals surface area contributed by atoms with Gasteiger partial charge in [-0.25, -0.2) is 0 Å². The highest BCUT2D eigenvalue weighted by Crippen LogP contribution is 2.44. The summed E-state index contributed by atoms with van der Waals surface area (Å²) in [6, 6.07) is 0. The van der Waals surface area contributed by atoms with Gasteiger partial charge in [-0.1, -0.05) is 13.8 Å². The number of rotatable bonds is 0. The summed E-state index contributed by atoms with van der Waals surface area (Å²) in [5, 5.41) is 0. The molecule has 2 heteroatoms. The molecule has 2 fully saturated rings. The lowest BCUT2D eigenvalue weighted by atomic mass is 9.75. The van der Waals surface area contributed by atoms with E-state index in [4.69, 9.17) is 4.74 Å². The highest BCUT2D eigenvalue weighted by atomic mass is 16.5. The molecule has 0 radical (unpaired) electrons. The average Bonchev–Trinajstić information content (AvgIpc) is 2.44. The van der Waals surface area contributed by atoms with Gasteiger partial charge in [-0.2, -0.15) is 0 Å². The predicted octanol–water partition coefficient (Wildman–Crippen LogP) is 1.64. The van der Waals surface area contributed by atoms with Crippen molar-refractivity contribution in [1.29, 1.82) is 0 Å². The first-order chi connectivity index (χ1) is 5.16. The molecule has 2 heterocycles. The van der Waals surface area contributed by atoms with Crippen molar-refractivity contribution in [2.45, 2.75) is 38.9 Å². The van der Waals surface area contributed by atoms with Crippen LogP contribution in [-0.4, -0.2) is 25.0 Å². The molecule has 0 unspecified atom stereocenters. The maximum Gasteiger partial charge on any atom is 0.0962 e. The third kappa shape index (κ3) is 0.791. The number of fused-ring (bicyclic) bond motifs is 2. The van der Waals surface area contributed by atoms with Gasteiger partial charge >= 0.3 is 0 Å². The van der Waals surface area contributed by atoms with Crippen LogP contribution >= 0.6 is 0 Å². The smallest absolute Gasteiger partial charge is 0.0962 e. The summed E-state index contributed by atoms with van der Waals surface area (Å²) in [6.45, 7) is 4.47. The van der Waals surface area contributed by atoms with Crippen LogP contribution in [-0.2, 0) is 4.74 Å². The van der Waals surface area contributed by atoms with Crippen LogP contribution in [0.1, 0.15) is 26.7 Å².